The number of alkyl carbamates (subject to hydrolysis) is 2. The van der Waals surface area contributed by atoms with Gasteiger partial charge < -0.3 is 39.2 Å². The molecule has 2 aliphatic rings. The highest BCUT2D eigenvalue weighted by atomic mass is 33.1. The molecule has 3 amide bonds. The minimum Gasteiger partial charge on any atom is -0.449 e. The van der Waals surface area contributed by atoms with E-state index in [1.165, 1.54) is 43.8 Å². The molecule has 7 unspecified atom stereocenters. The highest BCUT2D eigenvalue weighted by molar-refractivity contribution is 8.76. The standard InChI is InChI=1S/C28H38N3O3PS2.C23H42BN4O5PS2/c1-20(2)31(21(3)4)35(16-10-15-29)34-17-22(19-37-36-5)30-28(32)33-18-27-25-13-8-6-11-23(25)24-12-7-9-14-26(24)27;1-15(2)28(16(3)4)34(11-9-10-25)33-18-12-20(24)31-19(18)13-26-21(29)17(14-36-35-8)27-22(30)32-23(5,6)7/h6-9,11-14,20-22,27H,10,16-19H2,1-5H3,(H,30,32);15-20H,9,11-14H2,1-8H3,(H,26,29)(H,27,30). The second-order valence-electron chi connectivity index (χ2n) is 19.5. The van der Waals surface area contributed by atoms with Crippen LogP contribution in [0.4, 0.5) is 9.59 Å². The fraction of sp³-hybridized carbons (Fsp3) is 0.667. The van der Waals surface area contributed by atoms with E-state index in [9.17, 15) is 14.4 Å². The fourth-order valence-corrected chi connectivity index (χ4v) is 15.7. The van der Waals surface area contributed by atoms with Crippen LogP contribution < -0.4 is 16.0 Å². The number of benzene rings is 2. The zero-order valence-electron chi connectivity index (χ0n) is 45.1. The molecule has 73 heavy (non-hydrogen) atoms. The molecule has 4 rings (SSSR count). The van der Waals surface area contributed by atoms with Gasteiger partial charge >= 0.3 is 12.2 Å². The Hall–Kier alpha value is -2.45. The van der Waals surface area contributed by atoms with Crippen molar-refractivity contribution in [3.63, 3.8) is 0 Å². The minimum atomic E-state index is -1.05. The predicted octanol–water partition coefficient (Wildman–Crippen LogP) is 11.3. The van der Waals surface area contributed by atoms with Gasteiger partial charge in [0.1, 0.15) is 48.8 Å². The fourth-order valence-electron chi connectivity index (χ4n) is 8.54. The Bertz CT molecular complexity index is 2020. The van der Waals surface area contributed by atoms with E-state index in [-0.39, 0.29) is 49.2 Å². The second-order valence-corrected chi connectivity index (χ2v) is 28.4. The highest BCUT2D eigenvalue weighted by Crippen LogP contribution is 2.49. The van der Waals surface area contributed by atoms with Gasteiger partial charge in [0.15, 0.2) is 0 Å². The van der Waals surface area contributed by atoms with Crippen molar-refractivity contribution in [1.82, 2.24) is 25.3 Å². The van der Waals surface area contributed by atoms with Crippen LogP contribution in [0.1, 0.15) is 112 Å². The first-order valence-electron chi connectivity index (χ1n) is 24.9. The summed E-state index contributed by atoms with van der Waals surface area (Å²) >= 11 is 0. The molecule has 2 aromatic rings. The Balaban J connectivity index is 0.000000386. The molecule has 0 bridgehead atoms. The molecule has 0 spiro atoms. The van der Waals surface area contributed by atoms with Gasteiger partial charge in [0.05, 0.1) is 30.9 Å². The van der Waals surface area contributed by atoms with E-state index in [2.05, 4.69) is 117 Å². The maximum Gasteiger partial charge on any atom is 0.408 e. The maximum absolute atomic E-state index is 13.0. The number of ether oxygens (including phenoxy) is 3. The van der Waals surface area contributed by atoms with Crippen molar-refractivity contribution in [2.45, 2.75) is 161 Å². The first-order valence-corrected chi connectivity index (χ1v) is 33.2. The molecule has 1 aliphatic heterocycles. The number of rotatable bonds is 28. The van der Waals surface area contributed by atoms with E-state index in [0.717, 1.165) is 0 Å². The number of nitrogens with zero attached hydrogens (tertiary/aromatic N) is 4. The van der Waals surface area contributed by atoms with Crippen LogP contribution in [0.2, 0.25) is 0 Å². The zero-order valence-corrected chi connectivity index (χ0v) is 50.2. The predicted molar refractivity (Wildman–Crippen MR) is 308 cm³/mol. The minimum absolute atomic E-state index is 0.0258. The Morgan fingerprint density at radius 2 is 1.32 bits per heavy atom. The van der Waals surface area contributed by atoms with Crippen LogP contribution in [0.25, 0.3) is 11.1 Å². The lowest BCUT2D eigenvalue weighted by Crippen LogP contribution is -2.51. The van der Waals surface area contributed by atoms with Crippen LogP contribution in [0.3, 0.4) is 0 Å². The average Bonchev–Trinajstić information content (AvgIpc) is 3.84. The molecule has 3 N–H and O–H groups in total. The van der Waals surface area contributed by atoms with Crippen LogP contribution >= 0.6 is 59.8 Å². The van der Waals surface area contributed by atoms with Gasteiger partial charge in [-0.25, -0.2) is 9.59 Å². The van der Waals surface area contributed by atoms with Gasteiger partial charge in [-0.2, -0.15) is 10.5 Å². The van der Waals surface area contributed by atoms with E-state index in [4.69, 9.17) is 41.6 Å². The smallest absolute Gasteiger partial charge is 0.408 e. The van der Waals surface area contributed by atoms with Crippen LogP contribution in [-0.4, -0.2) is 151 Å². The maximum atomic E-state index is 13.0. The number of nitriles is 2. The van der Waals surface area contributed by atoms with Gasteiger partial charge in [-0.1, -0.05) is 91.7 Å². The molecule has 0 saturated carbocycles. The summed E-state index contributed by atoms with van der Waals surface area (Å²) in [5.74, 6) is 0.783. The van der Waals surface area contributed by atoms with E-state index in [0.29, 0.717) is 61.8 Å². The summed E-state index contributed by atoms with van der Waals surface area (Å²) in [4.78, 5) is 38.1. The molecule has 22 heteroatoms. The third-order valence-electron chi connectivity index (χ3n) is 11.3. The Morgan fingerprint density at radius 3 is 1.84 bits per heavy atom. The van der Waals surface area contributed by atoms with Gasteiger partial charge in [0.2, 0.25) is 5.91 Å². The number of carbonyl (C=O) groups is 3. The third-order valence-corrected chi connectivity index (χ3v) is 20.0. The van der Waals surface area contributed by atoms with Gasteiger partial charge in [-0.15, -0.1) is 0 Å². The van der Waals surface area contributed by atoms with Crippen molar-refractivity contribution in [2.24, 2.45) is 0 Å². The number of amides is 3. The molecular weight excluding hydrogens is 1040 g/mol. The topological polar surface area (TPSA) is 188 Å². The molecule has 0 aromatic heterocycles. The molecule has 15 nitrogen and oxygen atoms in total. The summed E-state index contributed by atoms with van der Waals surface area (Å²) in [6.07, 6.45) is 4.77. The van der Waals surface area contributed by atoms with Gasteiger partial charge in [0, 0.05) is 79.3 Å². The van der Waals surface area contributed by atoms with Crippen LogP contribution in [-0.2, 0) is 28.1 Å². The molecule has 2 aromatic carbocycles. The van der Waals surface area contributed by atoms with Crippen molar-refractivity contribution in [2.75, 3.05) is 56.1 Å². The normalized spacial score (nSPS) is 18.1. The summed E-state index contributed by atoms with van der Waals surface area (Å²) in [7, 11) is 10.4. The zero-order chi connectivity index (χ0) is 54.3. The summed E-state index contributed by atoms with van der Waals surface area (Å²) in [6, 6.07) is 20.8. The molecule has 7 atom stereocenters. The number of carbonyl (C=O) groups excluding carboxylic acids is 3. The second kappa shape index (κ2) is 33.7. The van der Waals surface area contributed by atoms with Gasteiger partial charge in [0.25, 0.3) is 0 Å². The SMILES string of the molecule is CSSCC(COP(CCC#N)N(C(C)C)C(C)C)NC(=O)OCC1c2ccccc2-c2ccccc21.[B]C1CC(OP(CCC#N)N(C(C)C)C(C)C)C(CNC(=O)C(CSSC)NC(=O)OC(C)(C)C)O1. The van der Waals surface area contributed by atoms with E-state index < -0.39 is 52.5 Å². The molecule has 2 radical (unpaired) electrons. The molecule has 1 heterocycles. The van der Waals surface area contributed by atoms with Gasteiger partial charge in [-0.3, -0.25) is 14.1 Å². The first-order chi connectivity index (χ1) is 34.6. The van der Waals surface area contributed by atoms with E-state index in [1.54, 1.807) is 42.4 Å². The van der Waals surface area contributed by atoms with E-state index in [1.807, 2.05) is 36.8 Å². The monoisotopic (exact) mass is 1120 g/mol. The van der Waals surface area contributed by atoms with Crippen molar-refractivity contribution in [1.29, 1.82) is 10.5 Å². The first kappa shape index (κ1) is 64.8. The third kappa shape index (κ3) is 22.2. The number of hydrogen-bond acceptors (Lipinski definition) is 16. The lowest BCUT2D eigenvalue weighted by Gasteiger charge is -2.38. The largest absolute Gasteiger partial charge is 0.449 e. The highest BCUT2D eigenvalue weighted by Gasteiger charge is 2.39. The number of nitrogens with one attached hydrogen (secondary N) is 3. The molecule has 1 fully saturated rings. The quantitative estimate of drug-likeness (QED) is 0.0414. The molecule has 404 valence electrons. The molecule has 1 aliphatic carbocycles. The molecule has 1 saturated heterocycles. The van der Waals surface area contributed by atoms with Crippen molar-refractivity contribution < 1.29 is 37.6 Å². The van der Waals surface area contributed by atoms with Crippen molar-refractivity contribution in [3.05, 3.63) is 59.7 Å². The lowest BCUT2D eigenvalue weighted by molar-refractivity contribution is -0.123. The summed E-state index contributed by atoms with van der Waals surface area (Å²) in [5.41, 5.74) is 4.14. The summed E-state index contributed by atoms with van der Waals surface area (Å²) in [6.45, 7) is 23.2. The van der Waals surface area contributed by atoms with E-state index >= 15 is 0 Å². The number of fused-ring (bicyclic) bond motifs is 3. The summed E-state index contributed by atoms with van der Waals surface area (Å²) < 4.78 is 34.6. The summed E-state index contributed by atoms with van der Waals surface area (Å²) in [5, 5.41) is 26.9. The Kier molecular flexibility index (Phi) is 29.9. The van der Waals surface area contributed by atoms with Gasteiger partial charge in [-0.05, 0) is 117 Å². The average molecular weight is 1120 g/mol. The van der Waals surface area contributed by atoms with Crippen LogP contribution in [0.15, 0.2) is 48.5 Å². The van der Waals surface area contributed by atoms with Crippen molar-refractivity contribution >= 4 is 85.7 Å². The molecular formula is C51H80BN7O8P2S4. The van der Waals surface area contributed by atoms with Crippen LogP contribution in [0.5, 0.6) is 0 Å². The van der Waals surface area contributed by atoms with Crippen LogP contribution in [0, 0.1) is 22.7 Å². The Morgan fingerprint density at radius 1 is 0.795 bits per heavy atom. The lowest BCUT2D eigenvalue weighted by atomic mass is 9.96. The van der Waals surface area contributed by atoms with Crippen molar-refractivity contribution in [3.8, 4) is 23.3 Å². The Labute approximate surface area is 456 Å². The number of hydrogen-bond donors (Lipinski definition) is 3.